The van der Waals surface area contributed by atoms with Gasteiger partial charge in [0.05, 0.1) is 17.9 Å². The van der Waals surface area contributed by atoms with Crippen molar-refractivity contribution in [1.29, 1.82) is 5.41 Å². The van der Waals surface area contributed by atoms with Gasteiger partial charge in [0.2, 0.25) is 17.7 Å². The molecule has 0 unspecified atom stereocenters. The zero-order chi connectivity index (χ0) is 23.0. The summed E-state index contributed by atoms with van der Waals surface area (Å²) in [6.07, 6.45) is 0.459. The summed E-state index contributed by atoms with van der Waals surface area (Å²) >= 11 is 0. The van der Waals surface area contributed by atoms with E-state index in [0.29, 0.717) is 23.4 Å². The van der Waals surface area contributed by atoms with Gasteiger partial charge in [-0.1, -0.05) is 62.4 Å². The Morgan fingerprint density at radius 2 is 1.65 bits per heavy atom. The number of nitrogens with zero attached hydrogens (tertiary/aromatic N) is 1. The number of primary amides is 1. The number of nitrogens with two attached hydrogens (primary N) is 1. The fourth-order valence-electron chi connectivity index (χ4n) is 3.39. The maximum Gasteiger partial charge on any atom is 0.246 e. The maximum atomic E-state index is 12.8. The molecule has 0 aromatic heterocycles. The van der Waals surface area contributed by atoms with Crippen molar-refractivity contribution in [3.8, 4) is 0 Å². The lowest BCUT2D eigenvalue weighted by Crippen LogP contribution is -2.42. The van der Waals surface area contributed by atoms with Crippen molar-refractivity contribution in [2.75, 3.05) is 18.5 Å². The van der Waals surface area contributed by atoms with E-state index in [2.05, 4.69) is 5.32 Å². The number of likely N-dealkylation sites (N-methyl/N-ethyl adjacent to an activating group) is 1. The second kappa shape index (κ2) is 11.1. The molecule has 0 aliphatic heterocycles. The molecule has 2 aromatic carbocycles. The Morgan fingerprint density at radius 1 is 1.03 bits per heavy atom. The molecule has 2 aromatic rings. The fraction of sp³-hybridized carbons (Fsp3) is 0.333. The number of benzene rings is 2. The Kier molecular flexibility index (Phi) is 8.49. The molecule has 0 bridgehead atoms. The van der Waals surface area contributed by atoms with Crippen LogP contribution in [0.4, 0.5) is 5.69 Å². The van der Waals surface area contributed by atoms with Crippen LogP contribution in [0.2, 0.25) is 0 Å². The molecule has 31 heavy (non-hydrogen) atoms. The number of amides is 3. The van der Waals surface area contributed by atoms with E-state index in [0.717, 1.165) is 5.56 Å². The largest absolute Gasteiger partial charge is 0.370 e. The number of para-hydroxylation sites is 1. The lowest BCUT2D eigenvalue weighted by molar-refractivity contribution is -0.131. The second-order valence-corrected chi connectivity index (χ2v) is 7.93. The van der Waals surface area contributed by atoms with Crippen LogP contribution in [0.25, 0.3) is 0 Å². The number of hydrogen-bond donors (Lipinski definition) is 3. The van der Waals surface area contributed by atoms with E-state index in [4.69, 9.17) is 11.1 Å². The van der Waals surface area contributed by atoms with E-state index in [1.54, 1.807) is 25.2 Å². The molecule has 0 aliphatic carbocycles. The minimum Gasteiger partial charge on any atom is -0.370 e. The maximum absolute atomic E-state index is 12.8. The van der Waals surface area contributed by atoms with Crippen LogP contribution in [-0.2, 0) is 14.4 Å². The molecule has 164 valence electrons. The zero-order valence-corrected chi connectivity index (χ0v) is 18.2. The van der Waals surface area contributed by atoms with Gasteiger partial charge in [0.25, 0.3) is 0 Å². The first-order chi connectivity index (χ1) is 14.7. The molecule has 0 aliphatic rings. The van der Waals surface area contributed by atoms with Gasteiger partial charge in [-0.15, -0.1) is 0 Å². The number of nitrogens with one attached hydrogen (secondary N) is 2. The van der Waals surface area contributed by atoms with E-state index in [-0.39, 0.29) is 30.7 Å². The molecule has 0 spiro atoms. The third kappa shape index (κ3) is 6.77. The lowest BCUT2D eigenvalue weighted by Gasteiger charge is -2.22. The first-order valence-electron chi connectivity index (χ1n) is 10.3. The third-order valence-corrected chi connectivity index (χ3v) is 4.96. The number of hydrogen-bond acceptors (Lipinski definition) is 4. The van der Waals surface area contributed by atoms with Gasteiger partial charge in [-0.2, -0.15) is 0 Å². The molecular weight excluding hydrogens is 392 g/mol. The molecule has 7 heteroatoms. The van der Waals surface area contributed by atoms with Crippen LogP contribution in [0.1, 0.15) is 37.8 Å². The minimum atomic E-state index is -0.561. The lowest BCUT2D eigenvalue weighted by atomic mass is 9.93. The molecule has 1 atom stereocenters. The molecule has 0 saturated heterocycles. The average molecular weight is 423 g/mol. The molecule has 3 amide bonds. The molecule has 0 radical (unpaired) electrons. The van der Waals surface area contributed by atoms with Crippen molar-refractivity contribution in [1.82, 2.24) is 5.32 Å². The smallest absolute Gasteiger partial charge is 0.246 e. The highest BCUT2D eigenvalue weighted by molar-refractivity contribution is 6.15. The van der Waals surface area contributed by atoms with Gasteiger partial charge < -0.3 is 16.0 Å². The second-order valence-electron chi connectivity index (χ2n) is 7.93. The van der Waals surface area contributed by atoms with Crippen molar-refractivity contribution in [3.05, 3.63) is 65.7 Å². The van der Waals surface area contributed by atoms with E-state index in [1.165, 1.54) is 4.90 Å². The molecule has 0 heterocycles. The highest BCUT2D eigenvalue weighted by Gasteiger charge is 2.24. The molecule has 0 fully saturated rings. The summed E-state index contributed by atoms with van der Waals surface area (Å²) in [5.74, 6) is -1.58. The highest BCUT2D eigenvalue weighted by atomic mass is 16.2. The Balaban J connectivity index is 2.11. The molecule has 4 N–H and O–H groups in total. The summed E-state index contributed by atoms with van der Waals surface area (Å²) in [5, 5.41) is 11.2. The first kappa shape index (κ1) is 23.8. The van der Waals surface area contributed by atoms with Crippen molar-refractivity contribution in [3.63, 3.8) is 0 Å². The molecule has 7 nitrogen and oxygen atoms in total. The van der Waals surface area contributed by atoms with E-state index in [9.17, 15) is 14.4 Å². The Labute approximate surface area is 183 Å². The Bertz CT molecular complexity index is 941. The summed E-state index contributed by atoms with van der Waals surface area (Å²) in [6.45, 7) is 3.70. The van der Waals surface area contributed by atoms with Crippen molar-refractivity contribution < 1.29 is 14.4 Å². The SMILES string of the molecule is CC(C)C[C@H](CC(N)=O)C(=O)NCC(=O)N(C)c1ccccc1C(=N)c1ccccc1. The van der Waals surface area contributed by atoms with Gasteiger partial charge in [0, 0.05) is 30.5 Å². The van der Waals surface area contributed by atoms with Gasteiger partial charge in [-0.25, -0.2) is 0 Å². The Morgan fingerprint density at radius 3 is 2.26 bits per heavy atom. The van der Waals surface area contributed by atoms with Crippen LogP contribution in [-0.4, -0.2) is 37.0 Å². The van der Waals surface area contributed by atoms with Crippen LogP contribution < -0.4 is 16.0 Å². The van der Waals surface area contributed by atoms with Gasteiger partial charge in [0.1, 0.15) is 0 Å². The number of carbonyl (C=O) groups is 3. The minimum absolute atomic E-state index is 0.0505. The quantitative estimate of drug-likeness (QED) is 0.511. The summed E-state index contributed by atoms with van der Waals surface area (Å²) in [6, 6.07) is 16.4. The summed E-state index contributed by atoms with van der Waals surface area (Å²) in [5.41, 5.74) is 7.50. The average Bonchev–Trinajstić information content (AvgIpc) is 2.75. The summed E-state index contributed by atoms with van der Waals surface area (Å²) in [7, 11) is 1.61. The predicted molar refractivity (Wildman–Crippen MR) is 122 cm³/mol. The van der Waals surface area contributed by atoms with Gasteiger partial charge >= 0.3 is 0 Å². The van der Waals surface area contributed by atoms with E-state index in [1.807, 2.05) is 50.2 Å². The zero-order valence-electron chi connectivity index (χ0n) is 18.2. The van der Waals surface area contributed by atoms with Crippen molar-refractivity contribution in [2.45, 2.75) is 26.7 Å². The Hall–Kier alpha value is -3.48. The molecule has 0 saturated carbocycles. The van der Waals surface area contributed by atoms with Crippen LogP contribution in [0.5, 0.6) is 0 Å². The van der Waals surface area contributed by atoms with Crippen LogP contribution in [0.3, 0.4) is 0 Å². The van der Waals surface area contributed by atoms with E-state index < -0.39 is 11.8 Å². The fourth-order valence-corrected chi connectivity index (χ4v) is 3.39. The molecular formula is C24H30N4O3. The molecule has 2 rings (SSSR count). The van der Waals surface area contributed by atoms with Crippen molar-refractivity contribution in [2.24, 2.45) is 17.6 Å². The van der Waals surface area contributed by atoms with Crippen LogP contribution in [0, 0.1) is 17.2 Å². The van der Waals surface area contributed by atoms with Crippen LogP contribution >= 0.6 is 0 Å². The van der Waals surface area contributed by atoms with Gasteiger partial charge in [0.15, 0.2) is 0 Å². The van der Waals surface area contributed by atoms with E-state index >= 15 is 0 Å². The predicted octanol–water partition coefficient (Wildman–Crippen LogP) is 2.72. The van der Waals surface area contributed by atoms with Gasteiger partial charge in [-0.3, -0.25) is 19.8 Å². The summed E-state index contributed by atoms with van der Waals surface area (Å²) < 4.78 is 0. The number of rotatable bonds is 10. The topological polar surface area (TPSA) is 116 Å². The first-order valence-corrected chi connectivity index (χ1v) is 10.3. The number of anilines is 1. The number of carbonyl (C=O) groups excluding carboxylic acids is 3. The van der Waals surface area contributed by atoms with Crippen molar-refractivity contribution >= 4 is 29.1 Å². The summed E-state index contributed by atoms with van der Waals surface area (Å²) in [4.78, 5) is 38.0. The van der Waals surface area contributed by atoms with Gasteiger partial charge in [-0.05, 0) is 18.4 Å². The monoisotopic (exact) mass is 422 g/mol. The van der Waals surface area contributed by atoms with Crippen LogP contribution in [0.15, 0.2) is 54.6 Å². The highest BCUT2D eigenvalue weighted by Crippen LogP contribution is 2.22. The third-order valence-electron chi connectivity index (χ3n) is 4.96. The standard InChI is InChI=1S/C24H30N4O3/c1-16(2)13-18(14-21(25)29)24(31)27-15-22(30)28(3)20-12-8-7-11-19(20)23(26)17-9-5-4-6-10-17/h4-12,16,18,26H,13-15H2,1-3H3,(H2,25,29)(H,27,31)/t18-/m1/s1. The normalized spacial score (nSPS) is 11.6.